The summed E-state index contributed by atoms with van der Waals surface area (Å²) >= 11 is 6.06. The number of cyclic esters (lactones) is 1. The standard InChI is InChI=1S/C17H11ClN2O4/c1-10-6-7-15(20(22)23)12(8-10)16-19-14(17(21)24-16)9-11-4-2-3-5-13(11)18/h2-9H,1H3/b14-9+. The molecule has 120 valence electrons. The fourth-order valence-electron chi connectivity index (χ4n) is 2.24. The normalized spacial score (nSPS) is 15.3. The fraction of sp³-hybridized carbons (Fsp3) is 0.0588. The maximum atomic E-state index is 12.0. The van der Waals surface area contributed by atoms with Crippen LogP contribution in [0, 0.1) is 17.0 Å². The molecule has 0 N–H and O–H groups in total. The summed E-state index contributed by atoms with van der Waals surface area (Å²) in [7, 11) is 0. The van der Waals surface area contributed by atoms with Crippen LogP contribution in [0.4, 0.5) is 5.69 Å². The average Bonchev–Trinajstić information content (AvgIpc) is 2.90. The summed E-state index contributed by atoms with van der Waals surface area (Å²) in [6.45, 7) is 1.78. The van der Waals surface area contributed by atoms with Gasteiger partial charge in [0.25, 0.3) is 5.69 Å². The van der Waals surface area contributed by atoms with Crippen LogP contribution in [0.25, 0.3) is 6.08 Å². The van der Waals surface area contributed by atoms with Crippen molar-refractivity contribution in [1.82, 2.24) is 0 Å². The first-order valence-corrected chi connectivity index (χ1v) is 7.36. The lowest BCUT2D eigenvalue weighted by Gasteiger charge is -2.02. The van der Waals surface area contributed by atoms with Crippen LogP contribution in [0.1, 0.15) is 16.7 Å². The van der Waals surface area contributed by atoms with Gasteiger partial charge < -0.3 is 4.74 Å². The van der Waals surface area contributed by atoms with Gasteiger partial charge in [-0.25, -0.2) is 9.79 Å². The van der Waals surface area contributed by atoms with Crippen molar-refractivity contribution in [2.45, 2.75) is 6.92 Å². The summed E-state index contributed by atoms with van der Waals surface area (Å²) in [4.78, 5) is 26.8. The van der Waals surface area contributed by atoms with E-state index in [-0.39, 0.29) is 22.8 Å². The molecular weight excluding hydrogens is 332 g/mol. The van der Waals surface area contributed by atoms with Gasteiger partial charge in [0.05, 0.1) is 4.92 Å². The van der Waals surface area contributed by atoms with Crippen LogP contribution in [-0.4, -0.2) is 16.8 Å². The number of benzene rings is 2. The van der Waals surface area contributed by atoms with Crippen molar-refractivity contribution in [3.05, 3.63) is 80.0 Å². The molecule has 0 aliphatic carbocycles. The van der Waals surface area contributed by atoms with E-state index >= 15 is 0 Å². The van der Waals surface area contributed by atoms with Crippen molar-refractivity contribution in [3.63, 3.8) is 0 Å². The quantitative estimate of drug-likeness (QED) is 0.366. The Balaban J connectivity index is 2.06. The van der Waals surface area contributed by atoms with Gasteiger partial charge in [-0.3, -0.25) is 10.1 Å². The van der Waals surface area contributed by atoms with Crippen LogP contribution in [0.2, 0.25) is 5.02 Å². The van der Waals surface area contributed by atoms with E-state index in [2.05, 4.69) is 4.99 Å². The highest BCUT2D eigenvalue weighted by Gasteiger charge is 2.29. The summed E-state index contributed by atoms with van der Waals surface area (Å²) in [5.74, 6) is -0.769. The van der Waals surface area contributed by atoms with Crippen LogP contribution >= 0.6 is 11.6 Å². The zero-order chi connectivity index (χ0) is 17.3. The number of carbonyl (C=O) groups excluding carboxylic acids is 1. The summed E-state index contributed by atoms with van der Waals surface area (Å²) in [5, 5.41) is 11.6. The molecule has 0 saturated carbocycles. The smallest absolute Gasteiger partial charge is 0.363 e. The van der Waals surface area contributed by atoms with Crippen molar-refractivity contribution in [3.8, 4) is 0 Å². The summed E-state index contributed by atoms with van der Waals surface area (Å²) in [5.41, 5.74) is 1.42. The number of hydrogen-bond donors (Lipinski definition) is 0. The first-order chi connectivity index (χ1) is 11.5. The highest BCUT2D eigenvalue weighted by Crippen LogP contribution is 2.27. The monoisotopic (exact) mass is 342 g/mol. The second kappa shape index (κ2) is 6.25. The molecule has 0 bridgehead atoms. The van der Waals surface area contributed by atoms with Gasteiger partial charge in [0.1, 0.15) is 5.56 Å². The number of nitro benzene ring substituents is 1. The van der Waals surface area contributed by atoms with E-state index in [4.69, 9.17) is 16.3 Å². The van der Waals surface area contributed by atoms with E-state index in [1.165, 1.54) is 12.1 Å². The van der Waals surface area contributed by atoms with Crippen molar-refractivity contribution >= 4 is 35.2 Å². The van der Waals surface area contributed by atoms with Crippen molar-refractivity contribution in [2.24, 2.45) is 4.99 Å². The van der Waals surface area contributed by atoms with E-state index in [9.17, 15) is 14.9 Å². The van der Waals surface area contributed by atoms with Crippen LogP contribution in [0.15, 0.2) is 53.2 Å². The zero-order valence-electron chi connectivity index (χ0n) is 12.5. The minimum Gasteiger partial charge on any atom is -0.402 e. The lowest BCUT2D eigenvalue weighted by molar-refractivity contribution is -0.385. The van der Waals surface area contributed by atoms with Crippen LogP contribution in [0.3, 0.4) is 0 Å². The highest BCUT2D eigenvalue weighted by molar-refractivity contribution is 6.32. The topological polar surface area (TPSA) is 81.8 Å². The minimum absolute atomic E-state index is 0.0360. The molecule has 7 heteroatoms. The lowest BCUT2D eigenvalue weighted by atomic mass is 10.1. The number of nitro groups is 1. The Morgan fingerprint density at radius 2 is 2.00 bits per heavy atom. The zero-order valence-corrected chi connectivity index (χ0v) is 13.3. The Morgan fingerprint density at radius 1 is 1.25 bits per heavy atom. The van der Waals surface area contributed by atoms with E-state index in [0.717, 1.165) is 5.56 Å². The summed E-state index contributed by atoms with van der Waals surface area (Å²) < 4.78 is 5.11. The third-order valence-electron chi connectivity index (χ3n) is 3.40. The molecule has 2 aromatic carbocycles. The van der Waals surface area contributed by atoms with Gasteiger partial charge in [-0.05, 0) is 36.3 Å². The van der Waals surface area contributed by atoms with Gasteiger partial charge in [0, 0.05) is 11.1 Å². The van der Waals surface area contributed by atoms with E-state index in [1.54, 1.807) is 43.3 Å². The van der Waals surface area contributed by atoms with E-state index in [1.807, 2.05) is 0 Å². The molecule has 0 aromatic heterocycles. The van der Waals surface area contributed by atoms with Gasteiger partial charge in [-0.15, -0.1) is 0 Å². The number of halogens is 1. The Morgan fingerprint density at radius 3 is 2.71 bits per heavy atom. The Hall–Kier alpha value is -2.99. The Bertz CT molecular complexity index is 919. The van der Waals surface area contributed by atoms with Crippen LogP contribution < -0.4 is 0 Å². The molecule has 0 unspecified atom stereocenters. The van der Waals surface area contributed by atoms with Gasteiger partial charge in [0.15, 0.2) is 5.70 Å². The van der Waals surface area contributed by atoms with Crippen molar-refractivity contribution in [1.29, 1.82) is 0 Å². The molecule has 0 atom stereocenters. The number of ether oxygens (including phenoxy) is 1. The van der Waals surface area contributed by atoms with Crippen molar-refractivity contribution < 1.29 is 14.5 Å². The maximum Gasteiger partial charge on any atom is 0.363 e. The Kier molecular flexibility index (Phi) is 4.14. The van der Waals surface area contributed by atoms with Crippen LogP contribution in [-0.2, 0) is 9.53 Å². The molecule has 0 radical (unpaired) electrons. The fourth-order valence-corrected chi connectivity index (χ4v) is 2.43. The number of aryl methyl sites for hydroxylation is 1. The second-order valence-corrected chi connectivity index (χ2v) is 5.54. The second-order valence-electron chi connectivity index (χ2n) is 5.14. The average molecular weight is 343 g/mol. The van der Waals surface area contributed by atoms with Gasteiger partial charge in [-0.1, -0.05) is 35.9 Å². The minimum atomic E-state index is -0.680. The largest absolute Gasteiger partial charge is 0.402 e. The van der Waals surface area contributed by atoms with E-state index < -0.39 is 10.9 Å². The summed E-state index contributed by atoms with van der Waals surface area (Å²) in [6.07, 6.45) is 1.49. The predicted molar refractivity (Wildman–Crippen MR) is 89.9 cm³/mol. The molecule has 24 heavy (non-hydrogen) atoms. The molecule has 1 heterocycles. The highest BCUT2D eigenvalue weighted by atomic mass is 35.5. The van der Waals surface area contributed by atoms with Gasteiger partial charge in [-0.2, -0.15) is 0 Å². The molecular formula is C17H11ClN2O4. The molecule has 0 amide bonds. The number of aliphatic imine (C=N–C) groups is 1. The summed E-state index contributed by atoms with van der Waals surface area (Å²) in [6, 6.07) is 11.5. The SMILES string of the molecule is Cc1ccc([N+](=O)[O-])c(C2=N/C(=C/c3ccccc3Cl)C(=O)O2)c1. The Labute approximate surface area is 142 Å². The maximum absolute atomic E-state index is 12.0. The molecule has 0 saturated heterocycles. The first-order valence-electron chi connectivity index (χ1n) is 6.98. The first kappa shape index (κ1) is 15.9. The number of esters is 1. The molecule has 2 aromatic rings. The number of rotatable bonds is 3. The number of hydrogen-bond acceptors (Lipinski definition) is 5. The number of carbonyl (C=O) groups is 1. The van der Waals surface area contributed by atoms with Crippen LogP contribution in [0.5, 0.6) is 0 Å². The van der Waals surface area contributed by atoms with Crippen molar-refractivity contribution in [2.75, 3.05) is 0 Å². The predicted octanol–water partition coefficient (Wildman–Crippen LogP) is 3.90. The molecule has 1 aliphatic rings. The lowest BCUT2D eigenvalue weighted by Crippen LogP contribution is -2.08. The van der Waals surface area contributed by atoms with Gasteiger partial charge >= 0.3 is 5.97 Å². The third-order valence-corrected chi connectivity index (χ3v) is 3.74. The van der Waals surface area contributed by atoms with E-state index in [0.29, 0.717) is 10.6 Å². The molecule has 6 nitrogen and oxygen atoms in total. The molecule has 0 fully saturated rings. The van der Waals surface area contributed by atoms with Gasteiger partial charge in [0.2, 0.25) is 5.90 Å². The number of nitrogens with zero attached hydrogens (tertiary/aromatic N) is 2. The molecule has 0 spiro atoms. The molecule has 1 aliphatic heterocycles. The molecule has 3 rings (SSSR count). The third kappa shape index (κ3) is 3.04.